The van der Waals surface area contributed by atoms with E-state index in [0.717, 1.165) is 13.0 Å². The Morgan fingerprint density at radius 1 is 1.32 bits per heavy atom. The summed E-state index contributed by atoms with van der Waals surface area (Å²) in [7, 11) is 3.94. The summed E-state index contributed by atoms with van der Waals surface area (Å²) < 4.78 is 0. The molecule has 1 saturated heterocycles. The van der Waals surface area contributed by atoms with E-state index in [1.807, 2.05) is 19.0 Å². The first-order chi connectivity index (χ1) is 11.9. The molecule has 2 N–H and O–H groups in total. The van der Waals surface area contributed by atoms with Crippen LogP contribution in [0.4, 0.5) is 0 Å². The van der Waals surface area contributed by atoms with Crippen LogP contribution in [0.3, 0.4) is 0 Å². The maximum Gasteiger partial charge on any atom is 0.330 e. The number of nitrogens with zero attached hydrogens (tertiary/aromatic N) is 2. The maximum absolute atomic E-state index is 12.4. The Morgan fingerprint density at radius 2 is 2.00 bits per heavy atom. The number of carboxylic acids is 1. The SMILES string of the molecule is CN(C)CCCN1CC(C(=O)N[C@H](C(=O)O)c2ccccc2)CC1=O. The second kappa shape index (κ2) is 8.62. The van der Waals surface area contributed by atoms with Gasteiger partial charge in [0.2, 0.25) is 11.8 Å². The minimum atomic E-state index is -1.12. The first-order valence-electron chi connectivity index (χ1n) is 8.39. The van der Waals surface area contributed by atoms with Gasteiger partial charge < -0.3 is 20.2 Å². The minimum Gasteiger partial charge on any atom is -0.479 e. The fourth-order valence-electron chi connectivity index (χ4n) is 2.93. The van der Waals surface area contributed by atoms with Crippen LogP contribution >= 0.6 is 0 Å². The quantitative estimate of drug-likeness (QED) is 0.723. The number of carbonyl (C=O) groups is 3. The fraction of sp³-hybridized carbons (Fsp3) is 0.500. The molecule has 1 heterocycles. The standard InChI is InChI=1S/C18H25N3O4/c1-20(2)9-6-10-21-12-14(11-15(21)22)17(23)19-16(18(24)25)13-7-4-3-5-8-13/h3-5,7-8,14,16H,6,9-12H2,1-2H3,(H,19,23)(H,24,25)/t14?,16-/m0/s1. The number of hydrogen-bond acceptors (Lipinski definition) is 4. The number of amides is 2. The molecule has 0 aliphatic carbocycles. The van der Waals surface area contributed by atoms with Crippen molar-refractivity contribution in [1.29, 1.82) is 0 Å². The van der Waals surface area contributed by atoms with Gasteiger partial charge in [-0.1, -0.05) is 30.3 Å². The Balaban J connectivity index is 1.94. The van der Waals surface area contributed by atoms with Crippen molar-refractivity contribution < 1.29 is 19.5 Å². The molecule has 1 aliphatic rings. The zero-order valence-corrected chi connectivity index (χ0v) is 14.6. The lowest BCUT2D eigenvalue weighted by Crippen LogP contribution is -2.38. The summed E-state index contributed by atoms with van der Waals surface area (Å²) in [6.07, 6.45) is 0.976. The van der Waals surface area contributed by atoms with Crippen LogP contribution < -0.4 is 5.32 Å². The lowest BCUT2D eigenvalue weighted by atomic mass is 10.0. The molecule has 1 aliphatic heterocycles. The summed E-state index contributed by atoms with van der Waals surface area (Å²) in [6, 6.07) is 7.45. The minimum absolute atomic E-state index is 0.0505. The second-order valence-corrected chi connectivity index (χ2v) is 6.59. The number of rotatable bonds is 8. The lowest BCUT2D eigenvalue weighted by Gasteiger charge is -2.19. The molecule has 0 radical (unpaired) electrons. The molecule has 1 aromatic rings. The van der Waals surface area contributed by atoms with Crippen molar-refractivity contribution in [2.75, 3.05) is 33.7 Å². The van der Waals surface area contributed by atoms with Crippen LogP contribution in [0.1, 0.15) is 24.4 Å². The summed E-state index contributed by atoms with van der Waals surface area (Å²) in [5, 5.41) is 12.0. The van der Waals surface area contributed by atoms with Crippen LogP contribution in [0.25, 0.3) is 0 Å². The van der Waals surface area contributed by atoms with Gasteiger partial charge in [0.05, 0.1) is 5.92 Å². The van der Waals surface area contributed by atoms with Gasteiger partial charge in [-0.05, 0) is 32.6 Å². The number of hydrogen-bond donors (Lipinski definition) is 2. The van der Waals surface area contributed by atoms with Crippen molar-refractivity contribution in [2.24, 2.45) is 5.92 Å². The third kappa shape index (κ3) is 5.29. The first-order valence-corrected chi connectivity index (χ1v) is 8.39. The predicted molar refractivity (Wildman–Crippen MR) is 92.8 cm³/mol. The van der Waals surface area contributed by atoms with Crippen molar-refractivity contribution in [3.63, 3.8) is 0 Å². The highest BCUT2D eigenvalue weighted by Crippen LogP contribution is 2.20. The summed E-state index contributed by atoms with van der Waals surface area (Å²) in [4.78, 5) is 39.7. The van der Waals surface area contributed by atoms with Gasteiger partial charge in [-0.3, -0.25) is 9.59 Å². The molecular formula is C18H25N3O4. The first kappa shape index (κ1) is 18.9. The molecular weight excluding hydrogens is 322 g/mol. The van der Waals surface area contributed by atoms with Crippen LogP contribution in [-0.4, -0.2) is 66.4 Å². The van der Waals surface area contributed by atoms with Crippen molar-refractivity contribution >= 4 is 17.8 Å². The van der Waals surface area contributed by atoms with E-state index in [1.54, 1.807) is 35.2 Å². The number of benzene rings is 1. The second-order valence-electron chi connectivity index (χ2n) is 6.59. The number of carbonyl (C=O) groups excluding carboxylic acids is 2. The predicted octanol–water partition coefficient (Wildman–Crippen LogP) is 0.729. The lowest BCUT2D eigenvalue weighted by molar-refractivity contribution is -0.142. The van der Waals surface area contributed by atoms with E-state index in [0.29, 0.717) is 18.7 Å². The molecule has 136 valence electrons. The molecule has 0 saturated carbocycles. The largest absolute Gasteiger partial charge is 0.479 e. The molecule has 25 heavy (non-hydrogen) atoms. The number of carboxylic acid groups (broad SMARTS) is 1. The molecule has 1 unspecified atom stereocenters. The summed E-state index contributed by atoms with van der Waals surface area (Å²) in [5.41, 5.74) is 0.510. The highest BCUT2D eigenvalue weighted by atomic mass is 16.4. The average Bonchev–Trinajstić information content (AvgIpc) is 2.94. The van der Waals surface area contributed by atoms with Crippen molar-refractivity contribution in [3.05, 3.63) is 35.9 Å². The summed E-state index contributed by atoms with van der Waals surface area (Å²) in [5.74, 6) is -2.06. The topological polar surface area (TPSA) is 89.9 Å². The van der Waals surface area contributed by atoms with Crippen LogP contribution in [0.15, 0.2) is 30.3 Å². The summed E-state index contributed by atoms with van der Waals surface area (Å²) >= 11 is 0. The molecule has 2 rings (SSSR count). The van der Waals surface area contributed by atoms with Crippen LogP contribution in [0, 0.1) is 5.92 Å². The monoisotopic (exact) mass is 347 g/mol. The van der Waals surface area contributed by atoms with E-state index in [2.05, 4.69) is 5.32 Å². The van der Waals surface area contributed by atoms with Gasteiger partial charge in [-0.15, -0.1) is 0 Å². The number of nitrogens with one attached hydrogen (secondary N) is 1. The van der Waals surface area contributed by atoms with Gasteiger partial charge in [0, 0.05) is 19.5 Å². The Bertz CT molecular complexity index is 618. The van der Waals surface area contributed by atoms with Gasteiger partial charge >= 0.3 is 5.97 Å². The molecule has 0 bridgehead atoms. The van der Waals surface area contributed by atoms with Crippen molar-refractivity contribution in [3.8, 4) is 0 Å². The molecule has 0 spiro atoms. The van der Waals surface area contributed by atoms with E-state index < -0.39 is 17.9 Å². The zero-order valence-electron chi connectivity index (χ0n) is 14.6. The van der Waals surface area contributed by atoms with E-state index >= 15 is 0 Å². The van der Waals surface area contributed by atoms with Gasteiger partial charge in [-0.2, -0.15) is 0 Å². The highest BCUT2D eigenvalue weighted by Gasteiger charge is 2.35. The third-order valence-corrected chi connectivity index (χ3v) is 4.29. The maximum atomic E-state index is 12.4. The average molecular weight is 347 g/mol. The van der Waals surface area contributed by atoms with E-state index in [1.165, 1.54) is 0 Å². The van der Waals surface area contributed by atoms with Gasteiger partial charge in [-0.25, -0.2) is 4.79 Å². The zero-order chi connectivity index (χ0) is 18.4. The Morgan fingerprint density at radius 3 is 2.60 bits per heavy atom. The van der Waals surface area contributed by atoms with Crippen LogP contribution in [0.5, 0.6) is 0 Å². The third-order valence-electron chi connectivity index (χ3n) is 4.29. The molecule has 7 nitrogen and oxygen atoms in total. The Labute approximate surface area is 147 Å². The highest BCUT2D eigenvalue weighted by molar-refractivity contribution is 5.91. The number of likely N-dealkylation sites (tertiary alicyclic amines) is 1. The normalized spacial score (nSPS) is 18.4. The smallest absolute Gasteiger partial charge is 0.330 e. The molecule has 2 atom stereocenters. The van der Waals surface area contributed by atoms with Gasteiger partial charge in [0.15, 0.2) is 6.04 Å². The molecule has 1 aromatic carbocycles. The summed E-state index contributed by atoms with van der Waals surface area (Å²) in [6.45, 7) is 1.83. The molecule has 0 aromatic heterocycles. The van der Waals surface area contributed by atoms with Gasteiger partial charge in [0.1, 0.15) is 0 Å². The van der Waals surface area contributed by atoms with Crippen molar-refractivity contribution in [2.45, 2.75) is 18.9 Å². The van der Waals surface area contributed by atoms with E-state index in [-0.39, 0.29) is 18.2 Å². The van der Waals surface area contributed by atoms with Gasteiger partial charge in [0.25, 0.3) is 0 Å². The fourth-order valence-corrected chi connectivity index (χ4v) is 2.93. The molecule has 2 amide bonds. The Hall–Kier alpha value is -2.41. The van der Waals surface area contributed by atoms with Crippen LogP contribution in [0.2, 0.25) is 0 Å². The van der Waals surface area contributed by atoms with Crippen molar-refractivity contribution in [1.82, 2.24) is 15.1 Å². The van der Waals surface area contributed by atoms with E-state index in [4.69, 9.17) is 0 Å². The van der Waals surface area contributed by atoms with E-state index in [9.17, 15) is 19.5 Å². The Kier molecular flexibility index (Phi) is 6.52. The molecule has 1 fully saturated rings. The number of aliphatic carboxylic acids is 1. The van der Waals surface area contributed by atoms with Crippen LogP contribution in [-0.2, 0) is 14.4 Å². The molecule has 7 heteroatoms.